The number of nitrogens with zero attached hydrogens (tertiary/aromatic N) is 2. The molecule has 0 saturated heterocycles. The second-order valence-corrected chi connectivity index (χ2v) is 7.77. The predicted octanol–water partition coefficient (Wildman–Crippen LogP) is 4.01. The van der Waals surface area contributed by atoms with Crippen LogP contribution in [0.3, 0.4) is 0 Å². The molecule has 3 rings (SSSR count). The second kappa shape index (κ2) is 7.87. The lowest BCUT2D eigenvalue weighted by Gasteiger charge is -2.29. The van der Waals surface area contributed by atoms with Crippen LogP contribution in [0.2, 0.25) is 0 Å². The van der Waals surface area contributed by atoms with Crippen LogP contribution in [-0.4, -0.2) is 33.6 Å². The highest BCUT2D eigenvalue weighted by molar-refractivity contribution is 6.06. The van der Waals surface area contributed by atoms with Crippen LogP contribution in [0.1, 0.15) is 54.3 Å². The molecule has 4 nitrogen and oxygen atoms in total. The highest BCUT2D eigenvalue weighted by Gasteiger charge is 2.31. The normalized spacial score (nSPS) is 14.8. The number of carbonyl (C=O) groups excluding carboxylic acids is 1. The van der Waals surface area contributed by atoms with Gasteiger partial charge in [0.15, 0.2) is 0 Å². The molecule has 1 aromatic heterocycles. The molecule has 0 fully saturated rings. The highest BCUT2D eigenvalue weighted by Crippen LogP contribution is 2.32. The first-order valence-electron chi connectivity index (χ1n) is 9.28. The van der Waals surface area contributed by atoms with Gasteiger partial charge in [-0.05, 0) is 38.0 Å². The fourth-order valence-electron chi connectivity index (χ4n) is 3.76. The van der Waals surface area contributed by atoms with Gasteiger partial charge in [0.1, 0.15) is 11.5 Å². The number of pyridine rings is 1. The zero-order chi connectivity index (χ0) is 20.5. The van der Waals surface area contributed by atoms with Crippen molar-refractivity contribution in [2.45, 2.75) is 58.1 Å². The average molecular weight is 386 g/mol. The number of aliphatic imine (C=N–C) groups is 1. The van der Waals surface area contributed by atoms with Gasteiger partial charge in [-0.25, -0.2) is 8.78 Å². The van der Waals surface area contributed by atoms with Crippen LogP contribution in [-0.2, 0) is 17.8 Å². The fourth-order valence-corrected chi connectivity index (χ4v) is 3.76. The Balaban J connectivity index is 1.77. The molecule has 1 atom stereocenters. The Morgan fingerprint density at radius 2 is 1.93 bits per heavy atom. The molecule has 0 radical (unpaired) electrons. The summed E-state index contributed by atoms with van der Waals surface area (Å²) in [6.45, 7) is 5.24. The van der Waals surface area contributed by atoms with Gasteiger partial charge in [0, 0.05) is 35.7 Å². The summed E-state index contributed by atoms with van der Waals surface area (Å²) < 4.78 is 26.2. The lowest BCUT2D eigenvalue weighted by Crippen LogP contribution is -2.31. The van der Waals surface area contributed by atoms with Crippen molar-refractivity contribution in [2.24, 2.45) is 4.99 Å². The van der Waals surface area contributed by atoms with E-state index in [4.69, 9.17) is 0 Å². The van der Waals surface area contributed by atoms with E-state index in [2.05, 4.69) is 9.98 Å². The topological polar surface area (TPSA) is 62.5 Å². The van der Waals surface area contributed by atoms with Crippen LogP contribution in [0.5, 0.6) is 0 Å². The second-order valence-electron chi connectivity index (χ2n) is 7.77. The molecule has 0 spiro atoms. The average Bonchev–Trinajstić information content (AvgIpc) is 3.04. The van der Waals surface area contributed by atoms with E-state index in [1.165, 1.54) is 0 Å². The Kier molecular flexibility index (Phi) is 5.70. The van der Waals surface area contributed by atoms with Crippen molar-refractivity contribution in [3.8, 4) is 0 Å². The number of hydrogen-bond acceptors (Lipinski definition) is 4. The quantitative estimate of drug-likeness (QED) is 0.782. The minimum atomic E-state index is -2.63. The predicted molar refractivity (Wildman–Crippen MR) is 104 cm³/mol. The molecule has 0 amide bonds. The highest BCUT2D eigenvalue weighted by atomic mass is 19.3. The SMILES string of the molecule is Cc1nc(CC(=O)C[C@@H](c2ccccc2)C(C)(C)O)cc2c1C(C(F)F)=NC2. The molecule has 0 bridgehead atoms. The molecule has 0 unspecified atom stereocenters. The molecule has 1 aliphatic heterocycles. The fraction of sp³-hybridized carbons (Fsp3) is 0.409. The van der Waals surface area contributed by atoms with Gasteiger partial charge in [0.25, 0.3) is 6.43 Å². The number of ketones is 1. The van der Waals surface area contributed by atoms with E-state index in [1.807, 2.05) is 30.3 Å². The lowest BCUT2D eigenvalue weighted by molar-refractivity contribution is -0.120. The molecule has 6 heteroatoms. The number of aromatic nitrogens is 1. The summed E-state index contributed by atoms with van der Waals surface area (Å²) in [6.07, 6.45) is -2.37. The number of rotatable bonds is 7. The number of carbonyl (C=O) groups is 1. The minimum Gasteiger partial charge on any atom is -0.390 e. The van der Waals surface area contributed by atoms with Crippen LogP contribution < -0.4 is 0 Å². The largest absolute Gasteiger partial charge is 0.390 e. The van der Waals surface area contributed by atoms with Gasteiger partial charge in [-0.1, -0.05) is 30.3 Å². The van der Waals surface area contributed by atoms with Gasteiger partial charge < -0.3 is 5.11 Å². The maximum atomic E-state index is 13.1. The zero-order valence-electron chi connectivity index (χ0n) is 16.2. The summed E-state index contributed by atoms with van der Waals surface area (Å²) in [7, 11) is 0. The third kappa shape index (κ3) is 4.33. The number of Topliss-reactive ketones (excluding diaryl/α,β-unsaturated/α-hetero) is 1. The Morgan fingerprint density at radius 3 is 2.54 bits per heavy atom. The molecule has 0 saturated carbocycles. The summed E-state index contributed by atoms with van der Waals surface area (Å²) in [5.41, 5.74) is 1.74. The van der Waals surface area contributed by atoms with Crippen molar-refractivity contribution in [3.63, 3.8) is 0 Å². The molecular weight excluding hydrogens is 362 g/mol. The van der Waals surface area contributed by atoms with Gasteiger partial charge in [-0.15, -0.1) is 0 Å². The number of hydrogen-bond donors (Lipinski definition) is 1. The third-order valence-corrected chi connectivity index (χ3v) is 5.08. The zero-order valence-corrected chi connectivity index (χ0v) is 16.2. The monoisotopic (exact) mass is 386 g/mol. The number of halogens is 2. The molecule has 2 heterocycles. The lowest BCUT2D eigenvalue weighted by atomic mass is 9.80. The number of aryl methyl sites for hydroxylation is 1. The van der Waals surface area contributed by atoms with Crippen molar-refractivity contribution >= 4 is 11.5 Å². The Bertz CT molecular complexity index is 903. The van der Waals surface area contributed by atoms with E-state index >= 15 is 0 Å². The number of benzene rings is 1. The van der Waals surface area contributed by atoms with Crippen LogP contribution in [0.4, 0.5) is 8.78 Å². The number of fused-ring (bicyclic) bond motifs is 1. The van der Waals surface area contributed by atoms with Gasteiger partial charge >= 0.3 is 0 Å². The molecule has 148 valence electrons. The van der Waals surface area contributed by atoms with Crippen LogP contribution >= 0.6 is 0 Å². The number of alkyl halides is 2. The van der Waals surface area contributed by atoms with Gasteiger partial charge in [0.2, 0.25) is 0 Å². The van der Waals surface area contributed by atoms with E-state index < -0.39 is 12.0 Å². The number of aliphatic hydroxyl groups is 1. The first-order chi connectivity index (χ1) is 13.2. The summed E-state index contributed by atoms with van der Waals surface area (Å²) in [5.74, 6) is -0.402. The van der Waals surface area contributed by atoms with E-state index in [-0.39, 0.29) is 36.8 Å². The van der Waals surface area contributed by atoms with Crippen molar-refractivity contribution in [2.75, 3.05) is 0 Å². The molecule has 1 aliphatic rings. The van der Waals surface area contributed by atoms with Crippen molar-refractivity contribution in [1.82, 2.24) is 4.98 Å². The van der Waals surface area contributed by atoms with Gasteiger partial charge in [-0.3, -0.25) is 14.8 Å². The van der Waals surface area contributed by atoms with Crippen LogP contribution in [0, 0.1) is 6.92 Å². The van der Waals surface area contributed by atoms with Crippen molar-refractivity contribution in [1.29, 1.82) is 0 Å². The standard InChI is InChI=1S/C22H24F2N2O2/c1-13-19-15(12-25-20(19)21(23)24)9-16(26-13)10-17(27)11-18(22(2,3)28)14-7-5-4-6-8-14/h4-9,18,21,28H,10-12H2,1-3H3/t18-/m0/s1. The van der Waals surface area contributed by atoms with E-state index in [9.17, 15) is 18.7 Å². The molecule has 2 aromatic rings. The Morgan fingerprint density at radius 1 is 1.25 bits per heavy atom. The molecule has 0 aliphatic carbocycles. The first-order valence-corrected chi connectivity index (χ1v) is 9.28. The van der Waals surface area contributed by atoms with E-state index in [0.29, 0.717) is 22.5 Å². The Labute approximate surface area is 163 Å². The smallest absolute Gasteiger partial charge is 0.280 e. The maximum Gasteiger partial charge on any atom is 0.280 e. The van der Waals surface area contributed by atoms with E-state index in [1.54, 1.807) is 26.8 Å². The van der Waals surface area contributed by atoms with Gasteiger partial charge in [-0.2, -0.15) is 0 Å². The molecule has 1 aromatic carbocycles. The molecule has 1 N–H and O–H groups in total. The Hall–Kier alpha value is -2.47. The van der Waals surface area contributed by atoms with Gasteiger partial charge in [0.05, 0.1) is 12.1 Å². The summed E-state index contributed by atoms with van der Waals surface area (Å²) >= 11 is 0. The molecular formula is C22H24F2N2O2. The minimum absolute atomic E-state index is 0.0594. The third-order valence-electron chi connectivity index (χ3n) is 5.08. The van der Waals surface area contributed by atoms with E-state index in [0.717, 1.165) is 5.56 Å². The first kappa shape index (κ1) is 20.3. The van der Waals surface area contributed by atoms with Crippen LogP contribution in [0.25, 0.3) is 0 Å². The van der Waals surface area contributed by atoms with Crippen molar-refractivity contribution in [3.05, 3.63) is 64.5 Å². The summed E-state index contributed by atoms with van der Waals surface area (Å²) in [5, 5.41) is 10.5. The maximum absolute atomic E-state index is 13.1. The summed E-state index contributed by atoms with van der Waals surface area (Å²) in [6, 6.07) is 11.1. The van der Waals surface area contributed by atoms with Crippen molar-refractivity contribution < 1.29 is 18.7 Å². The summed E-state index contributed by atoms with van der Waals surface area (Å²) in [4.78, 5) is 21.0. The molecule has 28 heavy (non-hydrogen) atoms. The van der Waals surface area contributed by atoms with Crippen LogP contribution in [0.15, 0.2) is 41.4 Å².